The van der Waals surface area contributed by atoms with Crippen LogP contribution in [0.3, 0.4) is 0 Å². The van der Waals surface area contributed by atoms with Crippen molar-refractivity contribution in [3.8, 4) is 0 Å². The van der Waals surface area contributed by atoms with Crippen molar-refractivity contribution in [1.82, 2.24) is 57.2 Å². The summed E-state index contributed by atoms with van der Waals surface area (Å²) in [5.74, 6) is -7.87. The molecule has 0 radical (unpaired) electrons. The number of imidazole rings is 2. The van der Waals surface area contributed by atoms with E-state index in [2.05, 4.69) is 77.1 Å². The van der Waals surface area contributed by atoms with Gasteiger partial charge in [-0.15, -0.1) is 0 Å². The van der Waals surface area contributed by atoms with Crippen LogP contribution in [0.4, 0.5) is 0 Å². The van der Waals surface area contributed by atoms with Crippen molar-refractivity contribution < 1.29 is 43.5 Å². The maximum Gasteiger partial charge on any atom is 0.326 e. The quantitative estimate of drug-likeness (QED) is 0.0168. The highest BCUT2D eigenvalue weighted by Crippen LogP contribution is 2.10. The van der Waals surface area contributed by atoms with Crippen molar-refractivity contribution in [3.63, 3.8) is 0 Å². The number of aromatic amines is 2. The molecule has 0 spiro atoms. The minimum Gasteiger partial charge on any atom is -0.480 e. The second-order valence-corrected chi connectivity index (χ2v) is 17.7. The minimum absolute atomic E-state index is 0.00939. The fourth-order valence-corrected chi connectivity index (χ4v) is 7.27. The summed E-state index contributed by atoms with van der Waals surface area (Å²) < 4.78 is 0. The molecule has 0 saturated heterocycles. The van der Waals surface area contributed by atoms with Crippen LogP contribution >= 0.6 is 0 Å². The SMILES string of the molecule is NCCCC[C@H](NC(=O)[C@H](CCCN=C(N)N)NC(=O)CNC(=O)[C@@H](N)CCCN=C(N)N)C(=O)N[C@@H](Cc1cnc[nH]1)C(=O)N[C@@H](Cc1cnc[nH]1)C(=O)N[C@@H](CCCN=C(N)N)C(=O)N[C@@H](CCCN=C(N)N)C(=O)O. The van der Waals surface area contributed by atoms with E-state index in [1.807, 2.05) is 0 Å². The predicted molar refractivity (Wildman–Crippen MR) is 287 cm³/mol. The van der Waals surface area contributed by atoms with Crippen LogP contribution in [0.2, 0.25) is 0 Å². The van der Waals surface area contributed by atoms with Gasteiger partial charge in [-0.3, -0.25) is 53.5 Å². The van der Waals surface area contributed by atoms with E-state index in [4.69, 9.17) is 57.3 Å². The second kappa shape index (κ2) is 36.2. The number of guanidine groups is 4. The molecule has 0 fully saturated rings. The summed E-state index contributed by atoms with van der Waals surface area (Å²) in [6.45, 7) is 0.0888. The number of aromatic nitrogens is 4. The van der Waals surface area contributed by atoms with Crippen LogP contribution in [0, 0.1) is 0 Å². The van der Waals surface area contributed by atoms with Gasteiger partial charge in [0.1, 0.15) is 36.3 Å². The third-order valence-electron chi connectivity index (χ3n) is 11.3. The second-order valence-electron chi connectivity index (χ2n) is 17.7. The lowest BCUT2D eigenvalue weighted by atomic mass is 10.0. The molecule has 0 aliphatic heterocycles. The highest BCUT2D eigenvalue weighted by atomic mass is 16.4. The Hall–Kier alpha value is -8.82. The molecule has 0 saturated carbocycles. The number of nitrogens with two attached hydrogens (primary N) is 10. The average Bonchev–Trinajstić information content (AvgIpc) is 4.11. The number of rotatable bonds is 39. The van der Waals surface area contributed by atoms with Crippen molar-refractivity contribution in [2.45, 2.75) is 126 Å². The molecule has 2 heterocycles. The molecule has 0 aromatic carbocycles. The molecule has 0 aliphatic carbocycles. The lowest BCUT2D eigenvalue weighted by Crippen LogP contribution is -2.60. The number of nitrogens with one attached hydrogen (secondary N) is 9. The third kappa shape index (κ3) is 27.6. The van der Waals surface area contributed by atoms with Crippen LogP contribution in [-0.4, -0.2) is 178 Å². The molecular weight excluding hydrogens is 1020 g/mol. The van der Waals surface area contributed by atoms with E-state index in [1.54, 1.807) is 0 Å². The number of carbonyl (C=O) groups is 8. The van der Waals surface area contributed by atoms with Gasteiger partial charge in [0.15, 0.2) is 23.8 Å². The van der Waals surface area contributed by atoms with Gasteiger partial charge in [0.05, 0.1) is 25.2 Å². The number of aliphatic carboxylic acids is 1. The first kappa shape index (κ1) is 65.3. The van der Waals surface area contributed by atoms with Crippen molar-refractivity contribution >= 4 is 71.2 Å². The first-order valence-corrected chi connectivity index (χ1v) is 25.0. The fourth-order valence-electron chi connectivity index (χ4n) is 7.27. The smallest absolute Gasteiger partial charge is 0.326 e. The van der Waals surface area contributed by atoms with Gasteiger partial charge in [0.25, 0.3) is 0 Å². The molecule has 34 heteroatoms. The largest absolute Gasteiger partial charge is 0.480 e. The molecule has 2 rings (SSSR count). The van der Waals surface area contributed by atoms with Gasteiger partial charge >= 0.3 is 5.97 Å². The maximum atomic E-state index is 14.5. The number of hydrogen-bond donors (Lipinski definition) is 20. The zero-order valence-electron chi connectivity index (χ0n) is 43.5. The Morgan fingerprint density at radius 3 is 1.19 bits per heavy atom. The summed E-state index contributed by atoms with van der Waals surface area (Å²) in [4.78, 5) is 138. The van der Waals surface area contributed by atoms with Crippen LogP contribution in [0.25, 0.3) is 0 Å². The van der Waals surface area contributed by atoms with Gasteiger partial charge in [-0.25, -0.2) is 14.8 Å². The van der Waals surface area contributed by atoms with E-state index in [1.165, 1.54) is 25.0 Å². The highest BCUT2D eigenvalue weighted by molar-refractivity contribution is 5.97. The van der Waals surface area contributed by atoms with Crippen molar-refractivity contribution in [1.29, 1.82) is 0 Å². The van der Waals surface area contributed by atoms with Gasteiger partial charge in [-0.2, -0.15) is 0 Å². The Labute approximate surface area is 449 Å². The Kier molecular flexibility index (Phi) is 30.3. The van der Waals surface area contributed by atoms with E-state index >= 15 is 0 Å². The summed E-state index contributed by atoms with van der Waals surface area (Å²) in [6.07, 6.45) is 6.67. The number of aliphatic imine (C=N–C) groups is 4. The van der Waals surface area contributed by atoms with E-state index < -0.39 is 96.2 Å². The summed E-state index contributed by atoms with van der Waals surface area (Å²) in [7, 11) is 0. The van der Waals surface area contributed by atoms with Crippen molar-refractivity contribution in [2.24, 2.45) is 77.3 Å². The Balaban J connectivity index is 2.45. The van der Waals surface area contributed by atoms with Crippen molar-refractivity contribution in [3.05, 3.63) is 36.4 Å². The topological polar surface area (TPSA) is 608 Å². The van der Waals surface area contributed by atoms with Gasteiger partial charge in [0, 0.05) is 62.8 Å². The lowest BCUT2D eigenvalue weighted by molar-refractivity contribution is -0.142. The van der Waals surface area contributed by atoms with Crippen LogP contribution < -0.4 is 94.6 Å². The van der Waals surface area contributed by atoms with Crippen LogP contribution in [0.1, 0.15) is 82.0 Å². The molecule has 7 amide bonds. The number of carboxylic acid groups (broad SMARTS) is 1. The molecule has 2 aromatic heterocycles. The van der Waals surface area contributed by atoms with Gasteiger partial charge in [-0.05, 0) is 77.2 Å². The number of H-pyrrole nitrogens is 2. The number of unbranched alkanes of at least 4 members (excludes halogenated alkanes) is 1. The monoisotopic (exact) mass is 1100 g/mol. The average molecular weight is 1100 g/mol. The summed E-state index contributed by atoms with van der Waals surface area (Å²) in [6, 6.07) is -9.36. The maximum absolute atomic E-state index is 14.5. The third-order valence-corrected chi connectivity index (χ3v) is 11.3. The first-order chi connectivity index (χ1) is 37.1. The molecule has 7 atom stereocenters. The molecule has 30 N–H and O–H groups in total. The number of carbonyl (C=O) groups excluding carboxylic acids is 7. The zero-order chi connectivity index (χ0) is 58.0. The highest BCUT2D eigenvalue weighted by Gasteiger charge is 2.34. The summed E-state index contributed by atoms with van der Waals surface area (Å²) in [5.41, 5.74) is 55.8. The number of nitrogens with zero attached hydrogens (tertiary/aromatic N) is 6. The van der Waals surface area contributed by atoms with E-state index in [-0.39, 0.29) is 121 Å². The Morgan fingerprint density at radius 2 is 0.821 bits per heavy atom. The molecule has 434 valence electrons. The molecular formula is C44H79N25O9. The van der Waals surface area contributed by atoms with Crippen LogP contribution in [0.5, 0.6) is 0 Å². The molecule has 78 heavy (non-hydrogen) atoms. The number of carboxylic acids is 1. The lowest BCUT2D eigenvalue weighted by Gasteiger charge is -2.27. The Morgan fingerprint density at radius 1 is 0.474 bits per heavy atom. The fraction of sp³-hybridized carbons (Fsp3) is 0.591. The number of amides is 7. The van der Waals surface area contributed by atoms with E-state index in [0.717, 1.165) is 0 Å². The molecule has 2 aromatic rings. The zero-order valence-corrected chi connectivity index (χ0v) is 43.5. The van der Waals surface area contributed by atoms with Crippen molar-refractivity contribution in [2.75, 3.05) is 39.3 Å². The van der Waals surface area contributed by atoms with Gasteiger partial charge in [0.2, 0.25) is 41.4 Å². The van der Waals surface area contributed by atoms with Crippen LogP contribution in [0.15, 0.2) is 45.0 Å². The molecule has 0 aliphatic rings. The normalized spacial score (nSPS) is 13.5. The van der Waals surface area contributed by atoms with Crippen LogP contribution in [-0.2, 0) is 51.2 Å². The van der Waals surface area contributed by atoms with Gasteiger partial charge in [-0.1, -0.05) is 0 Å². The van der Waals surface area contributed by atoms with E-state index in [0.29, 0.717) is 30.7 Å². The summed E-state index contributed by atoms with van der Waals surface area (Å²) in [5, 5.41) is 28.0. The number of hydrogen-bond acceptors (Lipinski definition) is 16. The predicted octanol–water partition coefficient (Wildman–Crippen LogP) is -8.30. The minimum atomic E-state index is -1.47. The molecule has 34 nitrogen and oxygen atoms in total. The Bertz CT molecular complexity index is 2310. The van der Waals surface area contributed by atoms with Gasteiger partial charge < -0.3 is 110 Å². The molecule has 0 unspecified atom stereocenters. The molecule has 0 bridgehead atoms. The standard InChI is InChI=1S/C44H79N25O9/c45-12-2-1-8-28(65-35(72)27(9-4-14-58-42(49)50)64-33(70)21-61-34(71)26(46)7-3-13-57-41(47)48)37(74)68-32(18-25-20-56-23-63-25)39(76)69-31(17-24-19-55-22-62-24)38(75)66-29(10-5-15-59-43(51)52)36(73)67-30(40(77)78)11-6-16-60-44(53)54/h19-20,22-23,26-32H,1-18,21,45-46H2,(H,55,62)(H,56,63)(H,61,71)(H,64,70)(H,65,72)(H,66,75)(H,67,73)(H,68,74)(H,69,76)(H,77,78)(H4,47,48,57)(H4,49,50,58)(H4,51,52,59)(H4,53,54,60)/t26-,27-,28-,29-,30-,31-,32-/m0/s1. The summed E-state index contributed by atoms with van der Waals surface area (Å²) >= 11 is 0. The van der Waals surface area contributed by atoms with E-state index in [9.17, 15) is 43.5 Å². The first-order valence-electron chi connectivity index (χ1n) is 25.0.